The lowest BCUT2D eigenvalue weighted by molar-refractivity contribution is -0.141. The van der Waals surface area contributed by atoms with Crippen LogP contribution in [0.1, 0.15) is 17.0 Å². The van der Waals surface area contributed by atoms with Crippen molar-refractivity contribution in [3.05, 3.63) is 35.1 Å². The van der Waals surface area contributed by atoms with Gasteiger partial charge in [0.2, 0.25) is 0 Å². The monoisotopic (exact) mass is 237 g/mol. The second kappa shape index (κ2) is 4.45. The first-order valence-electron chi connectivity index (χ1n) is 5.66. The highest BCUT2D eigenvalue weighted by Gasteiger charge is 2.37. The molecule has 1 N–H and O–H groups in total. The second-order valence-electron chi connectivity index (χ2n) is 4.83. The van der Waals surface area contributed by atoms with E-state index in [-0.39, 0.29) is 11.7 Å². The van der Waals surface area contributed by atoms with Crippen LogP contribution in [0.25, 0.3) is 0 Å². The number of halogens is 1. The Morgan fingerprint density at radius 3 is 2.71 bits per heavy atom. The maximum absolute atomic E-state index is 13.3. The van der Waals surface area contributed by atoms with E-state index in [1.165, 1.54) is 12.1 Å². The average Bonchev–Trinajstić information content (AvgIpc) is 2.59. The van der Waals surface area contributed by atoms with Crippen LogP contribution in [0.15, 0.2) is 18.2 Å². The van der Waals surface area contributed by atoms with Crippen molar-refractivity contribution in [2.75, 3.05) is 20.1 Å². The van der Waals surface area contributed by atoms with Gasteiger partial charge in [0.05, 0.1) is 5.92 Å². The minimum absolute atomic E-state index is 0.119. The molecule has 0 bridgehead atoms. The van der Waals surface area contributed by atoms with E-state index < -0.39 is 11.9 Å². The molecule has 17 heavy (non-hydrogen) atoms. The first-order valence-corrected chi connectivity index (χ1v) is 5.66. The van der Waals surface area contributed by atoms with Crippen molar-refractivity contribution < 1.29 is 14.3 Å². The number of nitrogens with zero attached hydrogens (tertiary/aromatic N) is 1. The minimum atomic E-state index is -0.804. The Kier molecular flexibility index (Phi) is 3.15. The van der Waals surface area contributed by atoms with Gasteiger partial charge in [-0.1, -0.05) is 6.07 Å². The van der Waals surface area contributed by atoms with Crippen molar-refractivity contribution >= 4 is 5.97 Å². The number of likely N-dealkylation sites (N-methyl/N-ethyl adjacent to an activating group) is 1. The third-order valence-electron chi connectivity index (χ3n) is 3.31. The van der Waals surface area contributed by atoms with Crippen molar-refractivity contribution in [2.24, 2.45) is 5.92 Å². The van der Waals surface area contributed by atoms with E-state index in [2.05, 4.69) is 0 Å². The van der Waals surface area contributed by atoms with Crippen molar-refractivity contribution in [1.29, 1.82) is 0 Å². The number of carbonyl (C=O) groups is 1. The van der Waals surface area contributed by atoms with Gasteiger partial charge in [-0.25, -0.2) is 4.39 Å². The fourth-order valence-corrected chi connectivity index (χ4v) is 2.57. The molecule has 2 rings (SSSR count). The number of likely N-dealkylation sites (tertiary alicyclic amines) is 1. The predicted octanol–water partition coefficient (Wildman–Crippen LogP) is 1.86. The SMILES string of the molecule is Cc1cc(F)cc(C2CN(C)CC2C(=O)O)c1. The molecule has 1 aliphatic heterocycles. The van der Waals surface area contributed by atoms with Crippen LogP contribution < -0.4 is 0 Å². The normalized spacial score (nSPS) is 25.1. The number of aliphatic carboxylic acids is 1. The maximum Gasteiger partial charge on any atom is 0.308 e. The molecule has 92 valence electrons. The summed E-state index contributed by atoms with van der Waals surface area (Å²) in [6.45, 7) is 3.01. The number of carboxylic acids is 1. The Bertz CT molecular complexity index is 427. The minimum Gasteiger partial charge on any atom is -0.481 e. The summed E-state index contributed by atoms with van der Waals surface area (Å²) in [5.41, 5.74) is 1.62. The third-order valence-corrected chi connectivity index (χ3v) is 3.31. The number of carboxylic acid groups (broad SMARTS) is 1. The van der Waals surface area contributed by atoms with Gasteiger partial charge < -0.3 is 10.0 Å². The largest absolute Gasteiger partial charge is 0.481 e. The zero-order valence-corrected chi connectivity index (χ0v) is 9.98. The molecule has 0 spiro atoms. The highest BCUT2D eigenvalue weighted by Crippen LogP contribution is 2.32. The second-order valence-corrected chi connectivity index (χ2v) is 4.83. The molecule has 1 saturated heterocycles. The van der Waals surface area contributed by atoms with Crippen molar-refractivity contribution in [1.82, 2.24) is 4.90 Å². The summed E-state index contributed by atoms with van der Waals surface area (Å²) in [7, 11) is 1.89. The van der Waals surface area contributed by atoms with Crippen LogP contribution in [0, 0.1) is 18.7 Å². The summed E-state index contributed by atoms with van der Waals surface area (Å²) < 4.78 is 13.3. The predicted molar refractivity (Wildman–Crippen MR) is 62.5 cm³/mol. The maximum atomic E-state index is 13.3. The van der Waals surface area contributed by atoms with Crippen LogP contribution in [0.3, 0.4) is 0 Å². The van der Waals surface area contributed by atoms with Gasteiger partial charge in [0.25, 0.3) is 0 Å². The summed E-state index contributed by atoms with van der Waals surface area (Å²) in [6.07, 6.45) is 0. The van der Waals surface area contributed by atoms with Crippen molar-refractivity contribution in [2.45, 2.75) is 12.8 Å². The Labute approximate surface area is 99.9 Å². The zero-order chi connectivity index (χ0) is 12.6. The smallest absolute Gasteiger partial charge is 0.308 e. The average molecular weight is 237 g/mol. The fourth-order valence-electron chi connectivity index (χ4n) is 2.57. The zero-order valence-electron chi connectivity index (χ0n) is 9.98. The highest BCUT2D eigenvalue weighted by atomic mass is 19.1. The van der Waals surface area contributed by atoms with E-state index in [1.807, 2.05) is 24.9 Å². The number of hydrogen-bond donors (Lipinski definition) is 1. The number of rotatable bonds is 2. The lowest BCUT2D eigenvalue weighted by Crippen LogP contribution is -2.21. The molecule has 1 aromatic rings. The molecule has 3 nitrogen and oxygen atoms in total. The molecule has 1 fully saturated rings. The lowest BCUT2D eigenvalue weighted by Gasteiger charge is -2.15. The van der Waals surface area contributed by atoms with Gasteiger partial charge in [0, 0.05) is 19.0 Å². The molecular formula is C13H16FNO2. The number of aryl methyl sites for hydroxylation is 1. The molecule has 1 aliphatic rings. The van der Waals surface area contributed by atoms with Crippen LogP contribution in [0.4, 0.5) is 4.39 Å². The van der Waals surface area contributed by atoms with E-state index in [1.54, 1.807) is 0 Å². The van der Waals surface area contributed by atoms with Crippen LogP contribution >= 0.6 is 0 Å². The number of benzene rings is 1. The van der Waals surface area contributed by atoms with Crippen LogP contribution in [0.5, 0.6) is 0 Å². The standard InChI is InChI=1S/C13H16FNO2/c1-8-3-9(5-10(14)4-8)11-6-15(2)7-12(11)13(16)17/h3-5,11-12H,6-7H2,1-2H3,(H,16,17). The molecule has 0 aromatic heterocycles. The molecule has 4 heteroatoms. The Balaban J connectivity index is 2.34. The van der Waals surface area contributed by atoms with Gasteiger partial charge in [-0.2, -0.15) is 0 Å². The van der Waals surface area contributed by atoms with Gasteiger partial charge >= 0.3 is 5.97 Å². The van der Waals surface area contributed by atoms with E-state index >= 15 is 0 Å². The molecule has 0 amide bonds. The highest BCUT2D eigenvalue weighted by molar-refractivity contribution is 5.72. The molecule has 0 aliphatic carbocycles. The summed E-state index contributed by atoms with van der Waals surface area (Å²) in [6, 6.07) is 4.79. The van der Waals surface area contributed by atoms with Crippen molar-refractivity contribution in [3.63, 3.8) is 0 Å². The molecule has 2 atom stereocenters. The Morgan fingerprint density at radius 2 is 2.12 bits per heavy atom. The number of hydrogen-bond acceptors (Lipinski definition) is 2. The summed E-state index contributed by atoms with van der Waals surface area (Å²) in [5, 5.41) is 9.18. The summed E-state index contributed by atoms with van der Waals surface area (Å²) in [5.74, 6) is -1.66. The van der Waals surface area contributed by atoms with Crippen LogP contribution in [-0.2, 0) is 4.79 Å². The van der Waals surface area contributed by atoms with Gasteiger partial charge in [-0.05, 0) is 37.2 Å². The van der Waals surface area contributed by atoms with Gasteiger partial charge in [-0.3, -0.25) is 4.79 Å². The van der Waals surface area contributed by atoms with E-state index in [0.29, 0.717) is 13.1 Å². The molecule has 1 heterocycles. The van der Waals surface area contributed by atoms with Gasteiger partial charge in [-0.15, -0.1) is 0 Å². The Hall–Kier alpha value is -1.42. The third kappa shape index (κ3) is 2.47. The first-order chi connectivity index (χ1) is 7.97. The van der Waals surface area contributed by atoms with Crippen LogP contribution in [0.2, 0.25) is 0 Å². The molecule has 2 unspecified atom stereocenters. The quantitative estimate of drug-likeness (QED) is 0.853. The summed E-state index contributed by atoms with van der Waals surface area (Å²) in [4.78, 5) is 13.2. The molecule has 1 aromatic carbocycles. The Morgan fingerprint density at radius 1 is 1.41 bits per heavy atom. The van der Waals surface area contributed by atoms with Crippen molar-refractivity contribution in [3.8, 4) is 0 Å². The summed E-state index contributed by atoms with van der Waals surface area (Å²) >= 11 is 0. The molecule has 0 radical (unpaired) electrons. The molecular weight excluding hydrogens is 221 g/mol. The van der Waals surface area contributed by atoms with Crippen LogP contribution in [-0.4, -0.2) is 36.1 Å². The molecule has 0 saturated carbocycles. The first kappa shape index (κ1) is 12.0. The topological polar surface area (TPSA) is 40.5 Å². The van der Waals surface area contributed by atoms with Gasteiger partial charge in [0.1, 0.15) is 5.82 Å². The van der Waals surface area contributed by atoms with Gasteiger partial charge in [0.15, 0.2) is 0 Å². The lowest BCUT2D eigenvalue weighted by atomic mass is 9.88. The van der Waals surface area contributed by atoms with E-state index in [4.69, 9.17) is 0 Å². The van der Waals surface area contributed by atoms with E-state index in [9.17, 15) is 14.3 Å². The van der Waals surface area contributed by atoms with E-state index in [0.717, 1.165) is 11.1 Å². The fraction of sp³-hybridized carbons (Fsp3) is 0.462.